The summed E-state index contributed by atoms with van der Waals surface area (Å²) in [4.78, 5) is 9.84. The number of amidine groups is 2. The van der Waals surface area contributed by atoms with Crippen molar-refractivity contribution in [3.8, 4) is 0 Å². The largest absolute Gasteiger partial charge is 0.393 e. The van der Waals surface area contributed by atoms with Gasteiger partial charge in [0.2, 0.25) is 5.29 Å². The van der Waals surface area contributed by atoms with Crippen LogP contribution in [0.3, 0.4) is 0 Å². The van der Waals surface area contributed by atoms with Gasteiger partial charge in [-0.1, -0.05) is 13.5 Å². The molecule has 1 rings (SSSR count). The van der Waals surface area contributed by atoms with Crippen molar-refractivity contribution in [2.45, 2.75) is 25.9 Å². The number of likely N-dealkylation sites (tertiary alicyclic amines) is 1. The first-order valence-corrected chi connectivity index (χ1v) is 7.75. The van der Waals surface area contributed by atoms with Gasteiger partial charge in [0.15, 0.2) is 5.84 Å². The third-order valence-corrected chi connectivity index (χ3v) is 3.54. The number of nitrogens with one attached hydrogen (secondary N) is 1. The monoisotopic (exact) mass is 379 g/mol. The van der Waals surface area contributed by atoms with Crippen LogP contribution in [0.5, 0.6) is 0 Å². The van der Waals surface area contributed by atoms with Gasteiger partial charge in [-0.15, -0.1) is 0 Å². The van der Waals surface area contributed by atoms with Gasteiger partial charge >= 0.3 is 0 Å². The summed E-state index contributed by atoms with van der Waals surface area (Å²) in [5.74, 6) is 0.542. The Labute approximate surface area is 140 Å². The molecule has 0 spiro atoms. The molecule has 0 amide bonds. The molecule has 0 aromatic heterocycles. The van der Waals surface area contributed by atoms with Crippen molar-refractivity contribution >= 4 is 45.6 Å². The molecule has 0 bridgehead atoms. The van der Waals surface area contributed by atoms with Crippen molar-refractivity contribution in [3.63, 3.8) is 0 Å². The summed E-state index contributed by atoms with van der Waals surface area (Å²) >= 11 is 8.61. The summed E-state index contributed by atoms with van der Waals surface area (Å²) in [6.45, 7) is 11.7. The fourth-order valence-corrected chi connectivity index (χ4v) is 1.73. The Morgan fingerprint density at radius 1 is 1.48 bits per heavy atom. The molecule has 1 aliphatic heterocycles. The van der Waals surface area contributed by atoms with E-state index < -0.39 is 0 Å². The van der Waals surface area contributed by atoms with E-state index in [1.165, 1.54) is 0 Å². The summed E-state index contributed by atoms with van der Waals surface area (Å²) in [6.07, 6.45) is 1.12. The maximum atomic E-state index is 9.45. The Morgan fingerprint density at radius 2 is 2.00 bits per heavy atom. The van der Waals surface area contributed by atoms with Gasteiger partial charge in [-0.2, -0.15) is 9.01 Å². The second kappa shape index (κ2) is 11.9. The lowest BCUT2D eigenvalue weighted by molar-refractivity contribution is 0.109. The van der Waals surface area contributed by atoms with Crippen LogP contribution in [0.2, 0.25) is 0 Å². The lowest BCUT2D eigenvalue weighted by Gasteiger charge is -2.31. The Kier molecular flexibility index (Phi) is 11.4. The Balaban J connectivity index is 0.000000885. The number of aliphatic hydroxyl groups is 1. The summed E-state index contributed by atoms with van der Waals surface area (Å²) in [5.41, 5.74) is 0.440. The van der Waals surface area contributed by atoms with Gasteiger partial charge in [-0.05, 0) is 44.8 Å². The maximum Gasteiger partial charge on any atom is 0.231 e. The Hall–Kier alpha value is -0.760. The number of rotatable bonds is 3. The van der Waals surface area contributed by atoms with Gasteiger partial charge < -0.3 is 15.3 Å². The molecular formula is C13H23BrClN5O. The molecule has 2 N–H and O–H groups in total. The third-order valence-electron chi connectivity index (χ3n) is 2.83. The summed E-state index contributed by atoms with van der Waals surface area (Å²) in [5, 5.41) is 12.4. The van der Waals surface area contributed by atoms with E-state index in [4.69, 9.17) is 11.6 Å². The summed E-state index contributed by atoms with van der Waals surface area (Å²) in [6, 6.07) is 0. The van der Waals surface area contributed by atoms with Crippen LogP contribution in [0.1, 0.15) is 19.8 Å². The van der Waals surface area contributed by atoms with E-state index in [0.29, 0.717) is 37.5 Å². The molecule has 0 atom stereocenters. The quantitative estimate of drug-likeness (QED) is 0.448. The van der Waals surface area contributed by atoms with Crippen LogP contribution in [0.25, 0.3) is 0 Å². The predicted octanol–water partition coefficient (Wildman–Crippen LogP) is 2.19. The van der Waals surface area contributed by atoms with E-state index in [9.17, 15) is 5.11 Å². The average molecular weight is 381 g/mol. The standard InChI is InChI=1S/C10H14BrClN4O.C3H9N/c1-7(13-2)9(14-10(12)15-11)16-5-3-8(17)4-6-16;1-3-4-2/h8,17H,1-6H2;4H,3H2,1-2H3/b14-9+,15-10-;. The van der Waals surface area contributed by atoms with Crippen LogP contribution in [-0.4, -0.2) is 60.6 Å². The summed E-state index contributed by atoms with van der Waals surface area (Å²) < 4.78 is 3.58. The van der Waals surface area contributed by atoms with E-state index in [-0.39, 0.29) is 11.4 Å². The highest BCUT2D eigenvalue weighted by atomic mass is 79.9. The van der Waals surface area contributed by atoms with E-state index in [0.717, 1.165) is 6.54 Å². The van der Waals surface area contributed by atoms with Crippen molar-refractivity contribution in [1.29, 1.82) is 0 Å². The molecule has 0 saturated carbocycles. The van der Waals surface area contributed by atoms with Gasteiger partial charge in [0.25, 0.3) is 0 Å². The molecule has 0 aliphatic carbocycles. The normalized spacial score (nSPS) is 17.1. The summed E-state index contributed by atoms with van der Waals surface area (Å²) in [7, 11) is 1.93. The van der Waals surface area contributed by atoms with Gasteiger partial charge in [-0.3, -0.25) is 4.99 Å². The SMILES string of the molecule is C=NC(=C)/C(=N\C(Cl)=N/Br)N1CCC(O)CC1.CCNC. The number of hydrogen-bond acceptors (Lipinski definition) is 4. The number of nitrogens with zero attached hydrogens (tertiary/aromatic N) is 4. The van der Waals surface area contributed by atoms with Crippen molar-refractivity contribution in [2.75, 3.05) is 26.7 Å². The highest BCUT2D eigenvalue weighted by molar-refractivity contribution is 9.08. The molecule has 1 aliphatic rings. The molecule has 1 fully saturated rings. The minimum Gasteiger partial charge on any atom is -0.393 e. The van der Waals surface area contributed by atoms with Crippen molar-refractivity contribution in [2.24, 2.45) is 14.0 Å². The molecule has 0 radical (unpaired) electrons. The molecule has 1 saturated heterocycles. The zero-order chi connectivity index (χ0) is 16.3. The van der Waals surface area contributed by atoms with Gasteiger partial charge in [0.1, 0.15) is 0 Å². The van der Waals surface area contributed by atoms with Crippen LogP contribution in [-0.2, 0) is 0 Å². The number of halogens is 2. The number of hydrogen-bond donors (Lipinski definition) is 2. The third kappa shape index (κ3) is 8.31. The minimum absolute atomic E-state index is 0.0657. The first-order valence-electron chi connectivity index (χ1n) is 6.66. The fourth-order valence-electron chi connectivity index (χ4n) is 1.57. The van der Waals surface area contributed by atoms with Crippen molar-refractivity contribution in [3.05, 3.63) is 12.3 Å². The van der Waals surface area contributed by atoms with Gasteiger partial charge in [0, 0.05) is 13.1 Å². The van der Waals surface area contributed by atoms with E-state index in [1.807, 2.05) is 11.9 Å². The number of piperidine rings is 1. The molecule has 0 aromatic rings. The van der Waals surface area contributed by atoms with Crippen molar-refractivity contribution < 1.29 is 5.11 Å². The van der Waals surface area contributed by atoms with Crippen LogP contribution in [0.15, 0.2) is 26.3 Å². The van der Waals surface area contributed by atoms with Crippen LogP contribution in [0, 0.1) is 0 Å². The topological polar surface area (TPSA) is 72.6 Å². The first kappa shape index (κ1) is 20.2. The minimum atomic E-state index is -0.252. The molecular weight excluding hydrogens is 358 g/mol. The van der Waals surface area contributed by atoms with E-state index >= 15 is 0 Å². The van der Waals surface area contributed by atoms with Crippen LogP contribution < -0.4 is 5.32 Å². The van der Waals surface area contributed by atoms with Gasteiger partial charge in [-0.25, -0.2) is 0 Å². The van der Waals surface area contributed by atoms with Crippen molar-refractivity contribution in [1.82, 2.24) is 10.2 Å². The highest BCUT2D eigenvalue weighted by Crippen LogP contribution is 2.14. The average Bonchev–Trinajstić information content (AvgIpc) is 2.52. The van der Waals surface area contributed by atoms with Crippen LogP contribution >= 0.6 is 27.7 Å². The second-order valence-corrected chi connectivity index (χ2v) is 5.01. The molecule has 21 heavy (non-hydrogen) atoms. The van der Waals surface area contributed by atoms with Gasteiger partial charge in [0.05, 0.1) is 27.9 Å². The number of aliphatic imine (C=N–C) groups is 2. The first-order chi connectivity index (χ1) is 9.99. The van der Waals surface area contributed by atoms with Crippen LogP contribution in [0.4, 0.5) is 0 Å². The lowest BCUT2D eigenvalue weighted by atomic mass is 10.1. The highest BCUT2D eigenvalue weighted by Gasteiger charge is 2.21. The molecule has 1 heterocycles. The molecule has 6 nitrogen and oxygen atoms in total. The zero-order valence-corrected chi connectivity index (χ0v) is 14.9. The predicted molar refractivity (Wildman–Crippen MR) is 94.8 cm³/mol. The Bertz CT molecular complexity index is 390. The zero-order valence-electron chi connectivity index (χ0n) is 12.5. The molecule has 0 aromatic carbocycles. The molecule has 8 heteroatoms. The number of aliphatic hydroxyl groups excluding tert-OH is 1. The lowest BCUT2D eigenvalue weighted by Crippen LogP contribution is -2.40. The Morgan fingerprint density at radius 3 is 2.38 bits per heavy atom. The maximum absolute atomic E-state index is 9.45. The molecule has 0 unspecified atom stereocenters. The van der Waals surface area contributed by atoms with E-state index in [2.05, 4.69) is 55.7 Å². The van der Waals surface area contributed by atoms with E-state index in [1.54, 1.807) is 0 Å². The molecule has 120 valence electrons. The fraction of sp³-hybridized carbons (Fsp3) is 0.615. The second-order valence-electron chi connectivity index (χ2n) is 4.32. The smallest absolute Gasteiger partial charge is 0.231 e.